The molecule has 4 aromatic carbocycles. The van der Waals surface area contributed by atoms with E-state index in [9.17, 15) is 32.8 Å². The standard InChI is InChI=1S/C42H35ClF2N8O5/c1-2-5-34(40(57)49-22-54)53-21-30-28(41(53)58)6-3-9-33(30)51-35(55)16-17-46-39(56)23-10-13-26(14-11-23)50-42-48-20-24-19-47-38(36-31(44)7-4-8-32(36)45)29-18-25(43)12-15-27(29)37(24)52-42/h3-4,6-15,18,20,22,34H,2,5,16-17,19,21H2,1H3,(H,46,56)(H,51,55)(H,48,50,52)(H,49,54,57). The molecule has 0 bridgehead atoms. The van der Waals surface area contributed by atoms with Gasteiger partial charge in [-0.3, -0.25) is 34.3 Å². The van der Waals surface area contributed by atoms with E-state index in [0.717, 1.165) is 0 Å². The van der Waals surface area contributed by atoms with Gasteiger partial charge in [0.15, 0.2) is 0 Å². The normalized spacial score (nSPS) is 13.3. The van der Waals surface area contributed by atoms with Crippen molar-refractivity contribution in [1.29, 1.82) is 0 Å². The van der Waals surface area contributed by atoms with Crippen molar-refractivity contribution in [2.75, 3.05) is 17.2 Å². The van der Waals surface area contributed by atoms with E-state index in [1.54, 1.807) is 66.9 Å². The lowest BCUT2D eigenvalue weighted by Crippen LogP contribution is -2.46. The van der Waals surface area contributed by atoms with Gasteiger partial charge in [-0.05, 0) is 67.1 Å². The van der Waals surface area contributed by atoms with Crippen LogP contribution >= 0.6 is 11.6 Å². The molecule has 1 atom stereocenters. The molecule has 0 saturated carbocycles. The molecule has 13 nitrogen and oxygen atoms in total. The van der Waals surface area contributed by atoms with E-state index >= 15 is 0 Å². The minimum atomic E-state index is -0.841. The van der Waals surface area contributed by atoms with Gasteiger partial charge in [0.1, 0.15) is 17.7 Å². The fourth-order valence-electron chi connectivity index (χ4n) is 6.94. The van der Waals surface area contributed by atoms with E-state index in [1.165, 1.54) is 23.1 Å². The van der Waals surface area contributed by atoms with Crippen molar-refractivity contribution in [2.24, 2.45) is 4.99 Å². The summed E-state index contributed by atoms with van der Waals surface area (Å²) in [6.45, 7) is 2.04. The summed E-state index contributed by atoms with van der Waals surface area (Å²) in [6, 6.07) is 19.2. The summed E-state index contributed by atoms with van der Waals surface area (Å²) in [6.07, 6.45) is 2.79. The van der Waals surface area contributed by atoms with Gasteiger partial charge in [-0.1, -0.05) is 43.1 Å². The summed E-state index contributed by atoms with van der Waals surface area (Å²) in [5.41, 5.74) is 4.22. The van der Waals surface area contributed by atoms with Gasteiger partial charge < -0.3 is 20.9 Å². The fraction of sp³-hybridized carbons (Fsp3) is 0.190. The number of fused-ring (bicyclic) bond motifs is 4. The monoisotopic (exact) mass is 804 g/mol. The zero-order chi connectivity index (χ0) is 40.9. The number of rotatable bonds is 13. The second-order valence-electron chi connectivity index (χ2n) is 13.5. The molecule has 0 saturated heterocycles. The molecule has 16 heteroatoms. The number of carbonyl (C=O) groups excluding carboxylic acids is 5. The quantitative estimate of drug-likeness (QED) is 0.100. The lowest BCUT2D eigenvalue weighted by molar-refractivity contribution is -0.129. The summed E-state index contributed by atoms with van der Waals surface area (Å²) in [5.74, 6) is -3.02. The number of amides is 5. The first kappa shape index (κ1) is 39.4. The van der Waals surface area contributed by atoms with Crippen LogP contribution in [0.3, 0.4) is 0 Å². The van der Waals surface area contributed by atoms with Crippen LogP contribution in [0.5, 0.6) is 0 Å². The Labute approximate surface area is 335 Å². The first-order chi connectivity index (χ1) is 28.1. The van der Waals surface area contributed by atoms with Crippen LogP contribution in [0.1, 0.15) is 69.2 Å². The smallest absolute Gasteiger partial charge is 0.255 e. The Balaban J connectivity index is 0.965. The predicted molar refractivity (Wildman–Crippen MR) is 213 cm³/mol. The third-order valence-corrected chi connectivity index (χ3v) is 9.95. The average Bonchev–Trinajstić information content (AvgIpc) is 3.46. The number of carbonyl (C=O) groups is 5. The molecule has 7 rings (SSSR count). The van der Waals surface area contributed by atoms with Gasteiger partial charge in [-0.2, -0.15) is 0 Å². The van der Waals surface area contributed by atoms with Crippen LogP contribution in [0, 0.1) is 11.6 Å². The van der Waals surface area contributed by atoms with E-state index in [-0.39, 0.29) is 55.6 Å². The maximum atomic E-state index is 14.9. The van der Waals surface area contributed by atoms with Gasteiger partial charge in [0.25, 0.3) is 11.8 Å². The topological polar surface area (TPSA) is 175 Å². The summed E-state index contributed by atoms with van der Waals surface area (Å²) < 4.78 is 29.8. The van der Waals surface area contributed by atoms with Gasteiger partial charge in [-0.15, -0.1) is 0 Å². The second kappa shape index (κ2) is 17.1. The Hall–Kier alpha value is -6.87. The molecular formula is C42H35ClF2N8O5. The molecule has 3 heterocycles. The molecule has 5 aromatic rings. The van der Waals surface area contributed by atoms with Crippen LogP contribution in [0.25, 0.3) is 11.3 Å². The molecule has 2 aliphatic heterocycles. The van der Waals surface area contributed by atoms with Crippen LogP contribution in [-0.4, -0.2) is 63.2 Å². The highest BCUT2D eigenvalue weighted by Crippen LogP contribution is 2.35. The molecule has 0 aliphatic carbocycles. The highest BCUT2D eigenvalue weighted by Gasteiger charge is 2.37. The molecule has 1 unspecified atom stereocenters. The van der Waals surface area contributed by atoms with Crippen molar-refractivity contribution in [1.82, 2.24) is 25.5 Å². The Morgan fingerprint density at radius 2 is 1.72 bits per heavy atom. The molecule has 294 valence electrons. The van der Waals surface area contributed by atoms with Crippen LogP contribution in [0.15, 0.2) is 90.1 Å². The Morgan fingerprint density at radius 3 is 2.47 bits per heavy atom. The number of nitrogens with one attached hydrogen (secondary N) is 4. The zero-order valence-corrected chi connectivity index (χ0v) is 31.7. The molecule has 1 aromatic heterocycles. The number of hydrogen-bond acceptors (Lipinski definition) is 9. The highest BCUT2D eigenvalue weighted by atomic mass is 35.5. The first-order valence-corrected chi connectivity index (χ1v) is 18.7. The van der Waals surface area contributed by atoms with E-state index in [1.807, 2.05) is 6.92 Å². The van der Waals surface area contributed by atoms with Gasteiger partial charge in [0.05, 0.1) is 23.5 Å². The molecular weight excluding hydrogens is 770 g/mol. The number of hydrogen-bond donors (Lipinski definition) is 4. The maximum absolute atomic E-state index is 14.9. The number of halogens is 3. The van der Waals surface area contributed by atoms with Crippen molar-refractivity contribution >= 4 is 64.7 Å². The predicted octanol–water partition coefficient (Wildman–Crippen LogP) is 6.33. The third-order valence-electron chi connectivity index (χ3n) is 9.72. The second-order valence-corrected chi connectivity index (χ2v) is 13.9. The van der Waals surface area contributed by atoms with Crippen LogP contribution in [0.2, 0.25) is 5.02 Å². The summed E-state index contributed by atoms with van der Waals surface area (Å²) >= 11 is 6.33. The number of anilines is 3. The van der Waals surface area contributed by atoms with Crippen molar-refractivity contribution in [3.05, 3.63) is 135 Å². The van der Waals surface area contributed by atoms with Gasteiger partial charge in [0.2, 0.25) is 24.2 Å². The minimum absolute atomic E-state index is 0.0276. The van der Waals surface area contributed by atoms with Crippen molar-refractivity contribution in [3.63, 3.8) is 0 Å². The van der Waals surface area contributed by atoms with Gasteiger partial charge in [0, 0.05) is 75.5 Å². The fourth-order valence-corrected chi connectivity index (χ4v) is 7.11. The highest BCUT2D eigenvalue weighted by molar-refractivity contribution is 6.31. The van der Waals surface area contributed by atoms with Crippen molar-refractivity contribution in [3.8, 4) is 11.3 Å². The van der Waals surface area contributed by atoms with Gasteiger partial charge in [-0.25, -0.2) is 18.7 Å². The van der Waals surface area contributed by atoms with E-state index < -0.39 is 35.4 Å². The molecule has 5 amide bonds. The lowest BCUT2D eigenvalue weighted by atomic mass is 9.95. The van der Waals surface area contributed by atoms with Gasteiger partial charge >= 0.3 is 0 Å². The molecule has 0 radical (unpaired) electrons. The number of aliphatic imine (C=N–C) groups is 1. The van der Waals surface area contributed by atoms with Crippen molar-refractivity contribution in [2.45, 2.75) is 45.3 Å². The molecule has 58 heavy (non-hydrogen) atoms. The summed E-state index contributed by atoms with van der Waals surface area (Å²) in [7, 11) is 0. The Kier molecular flexibility index (Phi) is 11.6. The molecule has 2 aliphatic rings. The maximum Gasteiger partial charge on any atom is 0.255 e. The number of benzene rings is 4. The Bertz CT molecular complexity index is 2480. The first-order valence-electron chi connectivity index (χ1n) is 18.3. The summed E-state index contributed by atoms with van der Waals surface area (Å²) in [4.78, 5) is 77.6. The van der Waals surface area contributed by atoms with Crippen LogP contribution in [-0.2, 0) is 27.5 Å². The van der Waals surface area contributed by atoms with E-state index in [2.05, 4.69) is 31.2 Å². The number of nitrogens with zero attached hydrogens (tertiary/aromatic N) is 4. The SMILES string of the molecule is CCCC(C(=O)NC=O)N1Cc2c(NC(=O)CCNC(=O)c3ccc(Nc4ncc5c(n4)-c4ccc(Cl)cc4C(c4c(F)cccc4F)=NC5)cc3)cccc2C1=O. The number of imide groups is 1. The lowest BCUT2D eigenvalue weighted by Gasteiger charge is -2.25. The van der Waals surface area contributed by atoms with Crippen LogP contribution < -0.4 is 21.3 Å². The largest absolute Gasteiger partial charge is 0.352 e. The third kappa shape index (κ3) is 8.16. The van der Waals surface area contributed by atoms with E-state index in [4.69, 9.17) is 16.6 Å². The minimum Gasteiger partial charge on any atom is -0.352 e. The summed E-state index contributed by atoms with van der Waals surface area (Å²) in [5, 5.41) is 11.2. The van der Waals surface area contributed by atoms with Crippen LogP contribution in [0.4, 0.5) is 26.1 Å². The average molecular weight is 805 g/mol. The molecule has 0 fully saturated rings. The molecule has 4 N–H and O–H groups in total. The molecule has 0 spiro atoms. The van der Waals surface area contributed by atoms with Crippen molar-refractivity contribution < 1.29 is 32.8 Å². The van der Waals surface area contributed by atoms with E-state index in [0.29, 0.717) is 68.3 Å². The Morgan fingerprint density at radius 1 is 0.966 bits per heavy atom. The number of aromatic nitrogens is 2. The zero-order valence-electron chi connectivity index (χ0n) is 30.9.